The molecule has 0 heterocycles. The van der Waals surface area contributed by atoms with Gasteiger partial charge in [-0.25, -0.2) is 10.2 Å². The summed E-state index contributed by atoms with van der Waals surface area (Å²) in [5.41, 5.74) is 5.01. The quantitative estimate of drug-likeness (QED) is 0.200. The molecule has 0 bridgehead atoms. The van der Waals surface area contributed by atoms with Crippen LogP contribution in [-0.4, -0.2) is 24.0 Å². The van der Waals surface area contributed by atoms with Gasteiger partial charge in [-0.15, -0.1) is 0 Å². The van der Waals surface area contributed by atoms with E-state index in [1.807, 2.05) is 13.0 Å². The van der Waals surface area contributed by atoms with E-state index < -0.39 is 17.8 Å². The summed E-state index contributed by atoms with van der Waals surface area (Å²) in [6, 6.07) is 18.7. The van der Waals surface area contributed by atoms with Crippen molar-refractivity contribution >= 4 is 41.3 Å². The van der Waals surface area contributed by atoms with Crippen molar-refractivity contribution in [1.82, 2.24) is 5.43 Å². The maximum Gasteiger partial charge on any atom is 0.343 e. The second-order valence-corrected chi connectivity index (χ2v) is 7.27. The van der Waals surface area contributed by atoms with Crippen LogP contribution in [-0.2, 0) is 9.59 Å². The van der Waals surface area contributed by atoms with Gasteiger partial charge in [-0.1, -0.05) is 47.5 Å². The molecule has 2 N–H and O–H groups in total. The topological polar surface area (TPSA) is 96.9 Å². The molecule has 32 heavy (non-hydrogen) atoms. The lowest BCUT2D eigenvalue weighted by atomic mass is 10.1. The SMILES string of the molecule is Cc1cccc(C(=O)Oc2ccccc2C=NNC(=O)C(=O)Nc2cccc(Cl)c2C)c1. The first-order chi connectivity index (χ1) is 15.3. The second-order valence-electron chi connectivity index (χ2n) is 6.86. The smallest absolute Gasteiger partial charge is 0.343 e. The molecule has 0 saturated heterocycles. The summed E-state index contributed by atoms with van der Waals surface area (Å²) in [6.45, 7) is 3.60. The highest BCUT2D eigenvalue weighted by molar-refractivity contribution is 6.40. The van der Waals surface area contributed by atoms with Crippen LogP contribution in [0, 0.1) is 13.8 Å². The number of amides is 2. The third kappa shape index (κ3) is 5.80. The molecule has 0 unspecified atom stereocenters. The number of anilines is 1. The van der Waals surface area contributed by atoms with Crippen LogP contribution in [0.2, 0.25) is 5.02 Å². The number of carbonyl (C=O) groups is 3. The number of para-hydroxylation sites is 1. The first-order valence-corrected chi connectivity index (χ1v) is 10.0. The Morgan fingerprint density at radius 2 is 1.69 bits per heavy atom. The van der Waals surface area contributed by atoms with Crippen molar-refractivity contribution in [2.24, 2.45) is 5.10 Å². The van der Waals surface area contributed by atoms with Gasteiger partial charge in [0.2, 0.25) is 0 Å². The molecule has 0 fully saturated rings. The molecule has 162 valence electrons. The van der Waals surface area contributed by atoms with E-state index in [9.17, 15) is 14.4 Å². The monoisotopic (exact) mass is 449 g/mol. The van der Waals surface area contributed by atoms with Gasteiger partial charge in [0.1, 0.15) is 5.75 Å². The summed E-state index contributed by atoms with van der Waals surface area (Å²) in [4.78, 5) is 36.6. The molecule has 3 aromatic carbocycles. The van der Waals surface area contributed by atoms with Gasteiger partial charge >= 0.3 is 17.8 Å². The van der Waals surface area contributed by atoms with E-state index in [0.717, 1.165) is 5.56 Å². The van der Waals surface area contributed by atoms with Crippen LogP contribution in [0.4, 0.5) is 5.69 Å². The number of benzene rings is 3. The van der Waals surface area contributed by atoms with E-state index in [2.05, 4.69) is 15.8 Å². The van der Waals surface area contributed by atoms with E-state index in [4.69, 9.17) is 16.3 Å². The van der Waals surface area contributed by atoms with Crippen molar-refractivity contribution in [2.45, 2.75) is 13.8 Å². The van der Waals surface area contributed by atoms with Crippen molar-refractivity contribution in [3.8, 4) is 5.75 Å². The van der Waals surface area contributed by atoms with Crippen molar-refractivity contribution in [3.05, 3.63) is 94.0 Å². The summed E-state index contributed by atoms with van der Waals surface area (Å²) in [6.07, 6.45) is 1.29. The predicted octanol–water partition coefficient (Wildman–Crippen LogP) is 4.26. The van der Waals surface area contributed by atoms with Gasteiger partial charge in [0.05, 0.1) is 11.8 Å². The molecular formula is C24H20ClN3O4. The standard InChI is InChI=1S/C24H20ClN3O4/c1-15-7-5-9-17(13-15)24(31)32-21-12-4-3-8-18(21)14-26-28-23(30)22(29)27-20-11-6-10-19(25)16(20)2/h3-14H,1-2H3,(H,27,29)(H,28,30). The van der Waals surface area contributed by atoms with Gasteiger partial charge < -0.3 is 10.1 Å². The van der Waals surface area contributed by atoms with Crippen LogP contribution in [0.15, 0.2) is 71.8 Å². The first-order valence-electron chi connectivity index (χ1n) is 9.62. The molecule has 0 aliphatic carbocycles. The highest BCUT2D eigenvalue weighted by Gasteiger charge is 2.15. The molecule has 0 aromatic heterocycles. The van der Waals surface area contributed by atoms with Crippen molar-refractivity contribution in [3.63, 3.8) is 0 Å². The Labute approximate surface area is 190 Å². The van der Waals surface area contributed by atoms with E-state index in [-0.39, 0.29) is 5.75 Å². The fourth-order valence-electron chi connectivity index (χ4n) is 2.74. The lowest BCUT2D eigenvalue weighted by molar-refractivity contribution is -0.136. The van der Waals surface area contributed by atoms with E-state index >= 15 is 0 Å². The average Bonchev–Trinajstić information content (AvgIpc) is 2.78. The number of aryl methyl sites for hydroxylation is 1. The second kappa shape index (κ2) is 10.4. The van der Waals surface area contributed by atoms with Gasteiger partial charge in [-0.05, 0) is 55.8 Å². The number of hydrogen-bond donors (Lipinski definition) is 2. The summed E-state index contributed by atoms with van der Waals surface area (Å²) in [7, 11) is 0. The Balaban J connectivity index is 1.64. The van der Waals surface area contributed by atoms with E-state index in [1.165, 1.54) is 6.21 Å². The molecule has 3 rings (SSSR count). The van der Waals surface area contributed by atoms with Gasteiger partial charge in [-0.2, -0.15) is 5.10 Å². The molecule has 7 nitrogen and oxygen atoms in total. The molecule has 2 amide bonds. The molecular weight excluding hydrogens is 430 g/mol. The highest BCUT2D eigenvalue weighted by Crippen LogP contribution is 2.22. The maximum absolute atomic E-state index is 12.4. The first kappa shape index (κ1) is 22.7. The number of rotatable bonds is 5. The number of hydrazone groups is 1. The van der Waals surface area contributed by atoms with Gasteiger partial charge in [0.25, 0.3) is 0 Å². The third-order valence-electron chi connectivity index (χ3n) is 4.47. The largest absolute Gasteiger partial charge is 0.422 e. The molecule has 0 aliphatic rings. The van der Waals surface area contributed by atoms with Crippen LogP contribution in [0.5, 0.6) is 5.75 Å². The molecule has 0 aliphatic heterocycles. The summed E-state index contributed by atoms with van der Waals surface area (Å²) in [5, 5.41) is 6.75. The van der Waals surface area contributed by atoms with E-state index in [0.29, 0.717) is 27.4 Å². The zero-order valence-corrected chi connectivity index (χ0v) is 18.1. The van der Waals surface area contributed by atoms with Gasteiger partial charge in [0, 0.05) is 16.3 Å². The Kier molecular flexibility index (Phi) is 7.36. The van der Waals surface area contributed by atoms with E-state index in [1.54, 1.807) is 67.6 Å². The van der Waals surface area contributed by atoms with Gasteiger partial charge in [-0.3, -0.25) is 9.59 Å². The summed E-state index contributed by atoms with van der Waals surface area (Å²) < 4.78 is 5.46. The maximum atomic E-state index is 12.4. The minimum Gasteiger partial charge on any atom is -0.422 e. The van der Waals surface area contributed by atoms with Crippen LogP contribution in [0.25, 0.3) is 0 Å². The van der Waals surface area contributed by atoms with Crippen LogP contribution >= 0.6 is 11.6 Å². The fraction of sp³-hybridized carbons (Fsp3) is 0.0833. The Hall–Kier alpha value is -3.97. The number of carbonyl (C=O) groups excluding carboxylic acids is 3. The number of nitrogens with one attached hydrogen (secondary N) is 2. The average molecular weight is 450 g/mol. The van der Waals surface area contributed by atoms with Gasteiger partial charge in [0.15, 0.2) is 0 Å². The minimum atomic E-state index is -0.963. The van der Waals surface area contributed by atoms with Crippen molar-refractivity contribution < 1.29 is 19.1 Å². The summed E-state index contributed by atoms with van der Waals surface area (Å²) >= 11 is 6.01. The third-order valence-corrected chi connectivity index (χ3v) is 4.88. The van der Waals surface area contributed by atoms with Crippen molar-refractivity contribution in [1.29, 1.82) is 0 Å². The molecule has 0 saturated carbocycles. The predicted molar refractivity (Wildman–Crippen MR) is 123 cm³/mol. The zero-order valence-electron chi connectivity index (χ0n) is 17.4. The molecule has 3 aromatic rings. The lowest BCUT2D eigenvalue weighted by Crippen LogP contribution is -2.32. The number of halogens is 1. The molecule has 0 spiro atoms. The van der Waals surface area contributed by atoms with Crippen LogP contribution in [0.1, 0.15) is 27.0 Å². The minimum absolute atomic E-state index is 0.260. The molecule has 0 radical (unpaired) electrons. The van der Waals surface area contributed by atoms with Crippen LogP contribution < -0.4 is 15.5 Å². The number of hydrogen-bond acceptors (Lipinski definition) is 5. The van der Waals surface area contributed by atoms with Crippen molar-refractivity contribution in [2.75, 3.05) is 5.32 Å². The number of esters is 1. The Morgan fingerprint density at radius 1 is 0.938 bits per heavy atom. The highest BCUT2D eigenvalue weighted by atomic mass is 35.5. The normalized spacial score (nSPS) is 10.6. The lowest BCUT2D eigenvalue weighted by Gasteiger charge is -2.09. The summed E-state index contributed by atoms with van der Waals surface area (Å²) in [5.74, 6) is -2.12. The molecule has 8 heteroatoms. The number of nitrogens with zero attached hydrogens (tertiary/aromatic N) is 1. The Morgan fingerprint density at radius 3 is 2.47 bits per heavy atom. The zero-order chi connectivity index (χ0) is 23.1. The fourth-order valence-corrected chi connectivity index (χ4v) is 2.92. The van der Waals surface area contributed by atoms with Crippen LogP contribution in [0.3, 0.4) is 0 Å². The number of ether oxygens (including phenoxy) is 1. The molecule has 0 atom stereocenters. The Bertz CT molecular complexity index is 1210.